The minimum absolute atomic E-state index is 0.127. The first-order valence-corrected chi connectivity index (χ1v) is 8.34. The molecule has 3 amide bonds. The number of allylic oxidation sites excluding steroid dienone is 1. The standard InChI is InChI=1S/C18H15N5O6/c1-10-15(17(24)20-12-3-2-4-14(9-12)23(28)29)16(21-18(25)19-10)11-5-7-13(8-6-11)22(26)27/h2-9,16H,1H3,(H,20,24)(H2,19,21,25). The Morgan fingerprint density at radius 2 is 1.69 bits per heavy atom. The van der Waals surface area contributed by atoms with E-state index in [2.05, 4.69) is 16.0 Å². The highest BCUT2D eigenvalue weighted by atomic mass is 16.6. The second kappa shape index (κ2) is 7.76. The SMILES string of the molecule is CC1=C(C(=O)Nc2cccc([N+](=O)[O-])c2)C(c2ccc([N+](=O)[O-])cc2)NC(=O)N1. The Balaban J connectivity index is 1.93. The summed E-state index contributed by atoms with van der Waals surface area (Å²) in [6, 6.07) is 9.49. The smallest absolute Gasteiger partial charge is 0.319 e. The molecule has 0 radical (unpaired) electrons. The number of benzene rings is 2. The fraction of sp³-hybridized carbons (Fsp3) is 0.111. The zero-order valence-corrected chi connectivity index (χ0v) is 15.0. The van der Waals surface area contributed by atoms with Crippen molar-refractivity contribution in [3.63, 3.8) is 0 Å². The summed E-state index contributed by atoms with van der Waals surface area (Å²) in [5.41, 5.74) is 0.829. The van der Waals surface area contributed by atoms with E-state index in [1.807, 2.05) is 0 Å². The van der Waals surface area contributed by atoms with Crippen LogP contribution in [0, 0.1) is 20.2 Å². The normalized spacial score (nSPS) is 15.9. The zero-order valence-electron chi connectivity index (χ0n) is 15.0. The molecule has 0 spiro atoms. The Hall–Kier alpha value is -4.28. The molecule has 0 aromatic heterocycles. The number of non-ortho nitro benzene ring substituents is 2. The number of carbonyl (C=O) groups excluding carboxylic acids is 2. The van der Waals surface area contributed by atoms with Gasteiger partial charge in [0.15, 0.2) is 0 Å². The number of hydrogen-bond donors (Lipinski definition) is 3. The topological polar surface area (TPSA) is 157 Å². The third-order valence-electron chi connectivity index (χ3n) is 4.27. The molecule has 0 bridgehead atoms. The lowest BCUT2D eigenvalue weighted by molar-refractivity contribution is -0.385. The van der Waals surface area contributed by atoms with Crippen LogP contribution in [0.2, 0.25) is 0 Å². The van der Waals surface area contributed by atoms with E-state index in [-0.39, 0.29) is 22.6 Å². The third kappa shape index (κ3) is 4.18. The van der Waals surface area contributed by atoms with Gasteiger partial charge in [0.25, 0.3) is 17.3 Å². The Morgan fingerprint density at radius 1 is 1.03 bits per heavy atom. The van der Waals surface area contributed by atoms with Crippen LogP contribution in [0.5, 0.6) is 0 Å². The predicted octanol–water partition coefficient (Wildman–Crippen LogP) is 2.77. The highest BCUT2D eigenvalue weighted by Crippen LogP contribution is 2.29. The maximum Gasteiger partial charge on any atom is 0.319 e. The number of nitrogens with one attached hydrogen (secondary N) is 3. The number of nitro benzene ring substituents is 2. The number of anilines is 1. The first kappa shape index (κ1) is 19.5. The molecular weight excluding hydrogens is 382 g/mol. The molecule has 0 aliphatic carbocycles. The maximum absolute atomic E-state index is 12.9. The molecular formula is C18H15N5O6. The number of nitrogens with zero attached hydrogens (tertiary/aromatic N) is 2. The summed E-state index contributed by atoms with van der Waals surface area (Å²) in [5, 5.41) is 29.5. The van der Waals surface area contributed by atoms with Gasteiger partial charge in [0.2, 0.25) is 0 Å². The summed E-state index contributed by atoms with van der Waals surface area (Å²) in [6.07, 6.45) is 0. The lowest BCUT2D eigenvalue weighted by Gasteiger charge is -2.28. The molecule has 148 valence electrons. The van der Waals surface area contributed by atoms with Crippen LogP contribution in [-0.4, -0.2) is 21.8 Å². The molecule has 1 aliphatic heterocycles. The van der Waals surface area contributed by atoms with Crippen molar-refractivity contribution in [1.82, 2.24) is 10.6 Å². The van der Waals surface area contributed by atoms with Crippen LogP contribution in [-0.2, 0) is 4.79 Å². The maximum atomic E-state index is 12.9. The van der Waals surface area contributed by atoms with Crippen molar-refractivity contribution in [2.24, 2.45) is 0 Å². The number of nitro groups is 2. The lowest BCUT2D eigenvalue weighted by atomic mass is 9.94. The lowest BCUT2D eigenvalue weighted by Crippen LogP contribution is -2.45. The van der Waals surface area contributed by atoms with Crippen LogP contribution in [0.3, 0.4) is 0 Å². The molecule has 3 rings (SSSR count). The van der Waals surface area contributed by atoms with Gasteiger partial charge in [-0.3, -0.25) is 25.0 Å². The fourth-order valence-electron chi connectivity index (χ4n) is 2.93. The largest absolute Gasteiger partial charge is 0.327 e. The zero-order chi connectivity index (χ0) is 21.1. The van der Waals surface area contributed by atoms with Crippen LogP contribution in [0.15, 0.2) is 59.8 Å². The molecule has 1 atom stereocenters. The van der Waals surface area contributed by atoms with Gasteiger partial charge < -0.3 is 16.0 Å². The van der Waals surface area contributed by atoms with Gasteiger partial charge in [-0.05, 0) is 30.7 Å². The Kier molecular flexibility index (Phi) is 5.21. The summed E-state index contributed by atoms with van der Waals surface area (Å²) >= 11 is 0. The number of urea groups is 1. The van der Waals surface area contributed by atoms with Gasteiger partial charge in [-0.15, -0.1) is 0 Å². The van der Waals surface area contributed by atoms with Crippen LogP contribution in [0.4, 0.5) is 21.9 Å². The Labute approximate surface area is 163 Å². The van der Waals surface area contributed by atoms with Crippen LogP contribution >= 0.6 is 0 Å². The van der Waals surface area contributed by atoms with Crippen molar-refractivity contribution in [3.05, 3.63) is 85.6 Å². The molecule has 11 nitrogen and oxygen atoms in total. The monoisotopic (exact) mass is 397 g/mol. The van der Waals surface area contributed by atoms with E-state index >= 15 is 0 Å². The molecule has 11 heteroatoms. The van der Waals surface area contributed by atoms with Gasteiger partial charge >= 0.3 is 6.03 Å². The number of rotatable bonds is 5. The highest BCUT2D eigenvalue weighted by Gasteiger charge is 2.31. The molecule has 1 unspecified atom stereocenters. The number of amides is 3. The number of hydrogen-bond acceptors (Lipinski definition) is 6. The van der Waals surface area contributed by atoms with E-state index in [1.54, 1.807) is 6.92 Å². The summed E-state index contributed by atoms with van der Waals surface area (Å²) < 4.78 is 0. The van der Waals surface area contributed by atoms with Crippen molar-refractivity contribution in [2.45, 2.75) is 13.0 Å². The molecule has 2 aromatic carbocycles. The van der Waals surface area contributed by atoms with Gasteiger partial charge in [-0.25, -0.2) is 4.79 Å². The second-order valence-corrected chi connectivity index (χ2v) is 6.18. The van der Waals surface area contributed by atoms with E-state index < -0.39 is 27.8 Å². The quantitative estimate of drug-likeness (QED) is 0.520. The summed E-state index contributed by atoms with van der Waals surface area (Å²) in [5.74, 6) is -0.584. The average Bonchev–Trinajstić information content (AvgIpc) is 2.67. The van der Waals surface area contributed by atoms with Gasteiger partial charge in [-0.2, -0.15) is 0 Å². The van der Waals surface area contributed by atoms with E-state index in [0.29, 0.717) is 11.3 Å². The minimum atomic E-state index is -0.858. The van der Waals surface area contributed by atoms with Crippen LogP contribution < -0.4 is 16.0 Å². The van der Waals surface area contributed by atoms with E-state index in [1.165, 1.54) is 48.5 Å². The molecule has 3 N–H and O–H groups in total. The van der Waals surface area contributed by atoms with Gasteiger partial charge in [0.1, 0.15) is 0 Å². The second-order valence-electron chi connectivity index (χ2n) is 6.18. The molecule has 0 saturated heterocycles. The third-order valence-corrected chi connectivity index (χ3v) is 4.27. The summed E-state index contributed by atoms with van der Waals surface area (Å²) in [7, 11) is 0. The fourth-order valence-corrected chi connectivity index (χ4v) is 2.93. The van der Waals surface area contributed by atoms with E-state index in [0.717, 1.165) is 0 Å². The highest BCUT2D eigenvalue weighted by molar-refractivity contribution is 6.06. The molecule has 2 aromatic rings. The van der Waals surface area contributed by atoms with Crippen molar-refractivity contribution in [3.8, 4) is 0 Å². The van der Waals surface area contributed by atoms with Crippen molar-refractivity contribution in [1.29, 1.82) is 0 Å². The first-order valence-electron chi connectivity index (χ1n) is 8.34. The summed E-state index contributed by atoms with van der Waals surface area (Å²) in [6.45, 7) is 1.54. The molecule has 0 saturated carbocycles. The average molecular weight is 397 g/mol. The van der Waals surface area contributed by atoms with Crippen molar-refractivity contribution >= 4 is 29.0 Å². The Morgan fingerprint density at radius 3 is 2.31 bits per heavy atom. The Bertz CT molecular complexity index is 1050. The van der Waals surface area contributed by atoms with Crippen LogP contribution in [0.1, 0.15) is 18.5 Å². The van der Waals surface area contributed by atoms with Gasteiger partial charge in [0.05, 0.1) is 21.5 Å². The number of carbonyl (C=O) groups is 2. The van der Waals surface area contributed by atoms with Crippen LogP contribution in [0.25, 0.3) is 0 Å². The molecule has 0 fully saturated rings. The van der Waals surface area contributed by atoms with E-state index in [4.69, 9.17) is 0 Å². The van der Waals surface area contributed by atoms with Crippen molar-refractivity contribution < 1.29 is 19.4 Å². The molecule has 1 heterocycles. The molecule has 1 aliphatic rings. The van der Waals surface area contributed by atoms with E-state index in [9.17, 15) is 29.8 Å². The summed E-state index contributed by atoms with van der Waals surface area (Å²) in [4.78, 5) is 45.4. The molecule has 29 heavy (non-hydrogen) atoms. The van der Waals surface area contributed by atoms with Gasteiger partial charge in [0, 0.05) is 35.6 Å². The van der Waals surface area contributed by atoms with Gasteiger partial charge in [-0.1, -0.05) is 6.07 Å². The van der Waals surface area contributed by atoms with Crippen molar-refractivity contribution in [2.75, 3.05) is 5.32 Å². The predicted molar refractivity (Wildman–Crippen MR) is 102 cm³/mol. The minimum Gasteiger partial charge on any atom is -0.327 e. The first-order chi connectivity index (χ1) is 13.8.